The summed E-state index contributed by atoms with van der Waals surface area (Å²) in [5.41, 5.74) is 0. The zero-order valence-electron chi connectivity index (χ0n) is 14.0. The van der Waals surface area contributed by atoms with Crippen LogP contribution in [0.25, 0.3) is 0 Å². The summed E-state index contributed by atoms with van der Waals surface area (Å²) >= 11 is 0. The average Bonchev–Trinajstić information content (AvgIpc) is 3.17. The smallest absolute Gasteiger partial charge is 0.158 e. The van der Waals surface area contributed by atoms with Gasteiger partial charge in [-0.3, -0.25) is 0 Å². The predicted octanol–water partition coefficient (Wildman–Crippen LogP) is 1.96. The Kier molecular flexibility index (Phi) is 9.41. The minimum absolute atomic E-state index is 0.0738. The fourth-order valence-electron chi connectivity index (χ4n) is 3.06. The SMILES string of the molecule is OCCC1COC(CCCCCCCC2OCC(CCO)O2)O1. The van der Waals surface area contributed by atoms with E-state index in [1.807, 2.05) is 0 Å². The first kappa shape index (κ1) is 19.1. The number of aliphatic hydroxyl groups is 2. The van der Waals surface area contributed by atoms with Crippen molar-refractivity contribution >= 4 is 0 Å². The van der Waals surface area contributed by atoms with Crippen LogP contribution < -0.4 is 0 Å². The standard InChI is InChI=1S/C17H32O6/c18-10-8-14-12-20-16(22-14)6-4-2-1-3-5-7-17-21-13-15(23-17)9-11-19/h14-19H,1-13H2. The second-order valence-corrected chi connectivity index (χ2v) is 6.41. The van der Waals surface area contributed by atoms with Gasteiger partial charge in [-0.2, -0.15) is 0 Å². The van der Waals surface area contributed by atoms with Gasteiger partial charge in [-0.05, 0) is 38.5 Å². The normalized spacial score (nSPS) is 31.0. The Bertz CT molecular complexity index is 273. The Hall–Kier alpha value is -0.240. The molecule has 6 heteroatoms. The third kappa shape index (κ3) is 7.45. The van der Waals surface area contributed by atoms with E-state index in [4.69, 9.17) is 29.2 Å². The fourth-order valence-corrected chi connectivity index (χ4v) is 3.06. The highest BCUT2D eigenvalue weighted by Crippen LogP contribution is 2.21. The van der Waals surface area contributed by atoms with E-state index in [1.165, 1.54) is 19.3 Å². The van der Waals surface area contributed by atoms with Crippen molar-refractivity contribution in [2.75, 3.05) is 26.4 Å². The van der Waals surface area contributed by atoms with Crippen LogP contribution >= 0.6 is 0 Å². The van der Waals surface area contributed by atoms with Crippen LogP contribution in [-0.4, -0.2) is 61.4 Å². The van der Waals surface area contributed by atoms with E-state index in [-0.39, 0.29) is 38.0 Å². The highest BCUT2D eigenvalue weighted by Gasteiger charge is 2.25. The quantitative estimate of drug-likeness (QED) is 0.532. The van der Waals surface area contributed by atoms with Crippen molar-refractivity contribution < 1.29 is 29.2 Å². The predicted molar refractivity (Wildman–Crippen MR) is 85.0 cm³/mol. The third-order valence-electron chi connectivity index (χ3n) is 4.41. The second-order valence-electron chi connectivity index (χ2n) is 6.41. The largest absolute Gasteiger partial charge is 0.396 e. The monoisotopic (exact) mass is 332 g/mol. The van der Waals surface area contributed by atoms with Crippen molar-refractivity contribution in [1.29, 1.82) is 0 Å². The fraction of sp³-hybridized carbons (Fsp3) is 1.00. The van der Waals surface area contributed by atoms with E-state index in [0.29, 0.717) is 26.1 Å². The average molecular weight is 332 g/mol. The van der Waals surface area contributed by atoms with Gasteiger partial charge in [0, 0.05) is 13.2 Å². The Morgan fingerprint density at radius 1 is 0.609 bits per heavy atom. The molecule has 2 heterocycles. The van der Waals surface area contributed by atoms with Crippen LogP contribution in [0, 0.1) is 0 Å². The molecule has 0 aromatic heterocycles. The molecule has 23 heavy (non-hydrogen) atoms. The van der Waals surface area contributed by atoms with Crippen molar-refractivity contribution in [2.45, 2.75) is 82.6 Å². The molecule has 2 saturated heterocycles. The molecule has 2 fully saturated rings. The highest BCUT2D eigenvalue weighted by atomic mass is 16.7. The topological polar surface area (TPSA) is 77.4 Å². The van der Waals surface area contributed by atoms with Crippen LogP contribution in [0.3, 0.4) is 0 Å². The maximum Gasteiger partial charge on any atom is 0.158 e. The zero-order chi connectivity index (χ0) is 16.3. The lowest BCUT2D eigenvalue weighted by Crippen LogP contribution is -2.13. The van der Waals surface area contributed by atoms with Gasteiger partial charge < -0.3 is 29.2 Å². The summed E-state index contributed by atoms with van der Waals surface area (Å²) in [5, 5.41) is 17.7. The van der Waals surface area contributed by atoms with Gasteiger partial charge in [0.15, 0.2) is 12.6 Å². The van der Waals surface area contributed by atoms with Crippen molar-refractivity contribution in [2.24, 2.45) is 0 Å². The molecular weight excluding hydrogens is 300 g/mol. The molecule has 2 aliphatic rings. The van der Waals surface area contributed by atoms with Gasteiger partial charge in [0.25, 0.3) is 0 Å². The van der Waals surface area contributed by atoms with E-state index < -0.39 is 0 Å². The summed E-state index contributed by atoms with van der Waals surface area (Å²) in [4.78, 5) is 0. The summed E-state index contributed by atoms with van der Waals surface area (Å²) in [6, 6.07) is 0. The van der Waals surface area contributed by atoms with Crippen LogP contribution in [0.15, 0.2) is 0 Å². The lowest BCUT2D eigenvalue weighted by molar-refractivity contribution is -0.0662. The van der Waals surface area contributed by atoms with E-state index in [0.717, 1.165) is 25.7 Å². The van der Waals surface area contributed by atoms with Gasteiger partial charge >= 0.3 is 0 Å². The molecule has 2 rings (SSSR count). The lowest BCUT2D eigenvalue weighted by atomic mass is 10.1. The first-order chi connectivity index (χ1) is 11.3. The highest BCUT2D eigenvalue weighted by molar-refractivity contribution is 4.66. The number of hydrogen-bond donors (Lipinski definition) is 2. The molecule has 0 aliphatic carbocycles. The summed E-state index contributed by atoms with van der Waals surface area (Å²) in [6.07, 6.45) is 9.04. The lowest BCUT2D eigenvalue weighted by Gasteiger charge is -2.11. The number of hydrogen-bond acceptors (Lipinski definition) is 6. The summed E-state index contributed by atoms with van der Waals surface area (Å²) in [5.74, 6) is 0. The molecule has 0 aromatic carbocycles. The van der Waals surface area contributed by atoms with E-state index in [1.54, 1.807) is 0 Å². The van der Waals surface area contributed by atoms with Crippen LogP contribution in [0.4, 0.5) is 0 Å². The van der Waals surface area contributed by atoms with Crippen LogP contribution in [0.5, 0.6) is 0 Å². The van der Waals surface area contributed by atoms with Gasteiger partial charge in [0.1, 0.15) is 0 Å². The second kappa shape index (κ2) is 11.3. The van der Waals surface area contributed by atoms with Crippen LogP contribution in [0.2, 0.25) is 0 Å². The maximum atomic E-state index is 8.86. The molecule has 4 unspecified atom stereocenters. The molecule has 6 nitrogen and oxygen atoms in total. The minimum Gasteiger partial charge on any atom is -0.396 e. The first-order valence-corrected chi connectivity index (χ1v) is 9.07. The van der Waals surface area contributed by atoms with Gasteiger partial charge in [0.05, 0.1) is 25.4 Å². The van der Waals surface area contributed by atoms with E-state index in [9.17, 15) is 0 Å². The molecule has 2 N–H and O–H groups in total. The van der Waals surface area contributed by atoms with Crippen LogP contribution in [-0.2, 0) is 18.9 Å². The minimum atomic E-state index is -0.0738. The number of aliphatic hydroxyl groups excluding tert-OH is 2. The Morgan fingerprint density at radius 3 is 1.48 bits per heavy atom. The molecule has 0 radical (unpaired) electrons. The van der Waals surface area contributed by atoms with E-state index >= 15 is 0 Å². The molecule has 0 amide bonds. The Balaban J connectivity index is 1.38. The van der Waals surface area contributed by atoms with Crippen molar-refractivity contribution in [1.82, 2.24) is 0 Å². The number of unbranched alkanes of at least 4 members (excludes halogenated alkanes) is 4. The molecule has 4 atom stereocenters. The molecule has 0 saturated carbocycles. The zero-order valence-corrected chi connectivity index (χ0v) is 14.0. The van der Waals surface area contributed by atoms with E-state index in [2.05, 4.69) is 0 Å². The molecular formula is C17H32O6. The molecule has 2 aliphatic heterocycles. The third-order valence-corrected chi connectivity index (χ3v) is 4.41. The van der Waals surface area contributed by atoms with Crippen LogP contribution in [0.1, 0.15) is 57.8 Å². The van der Waals surface area contributed by atoms with Gasteiger partial charge in [-0.25, -0.2) is 0 Å². The van der Waals surface area contributed by atoms with Crippen molar-refractivity contribution in [3.63, 3.8) is 0 Å². The first-order valence-electron chi connectivity index (χ1n) is 9.07. The summed E-state index contributed by atoms with van der Waals surface area (Å²) < 4.78 is 22.5. The maximum absolute atomic E-state index is 8.86. The summed E-state index contributed by atoms with van der Waals surface area (Å²) in [6.45, 7) is 1.56. The van der Waals surface area contributed by atoms with Gasteiger partial charge in [-0.1, -0.05) is 19.3 Å². The number of rotatable bonds is 12. The molecule has 0 bridgehead atoms. The molecule has 0 spiro atoms. The van der Waals surface area contributed by atoms with Crippen molar-refractivity contribution in [3.05, 3.63) is 0 Å². The van der Waals surface area contributed by atoms with Gasteiger partial charge in [0.2, 0.25) is 0 Å². The molecule has 0 aromatic rings. The Morgan fingerprint density at radius 2 is 1.04 bits per heavy atom. The number of ether oxygens (including phenoxy) is 4. The Labute approximate surface area is 139 Å². The van der Waals surface area contributed by atoms with Crippen molar-refractivity contribution in [3.8, 4) is 0 Å². The summed E-state index contributed by atoms with van der Waals surface area (Å²) in [7, 11) is 0. The molecule has 136 valence electrons. The van der Waals surface area contributed by atoms with Gasteiger partial charge in [-0.15, -0.1) is 0 Å².